The van der Waals surface area contributed by atoms with Gasteiger partial charge in [-0.05, 0) is 42.8 Å². The molecule has 0 unspecified atom stereocenters. The molecule has 0 heterocycles. The van der Waals surface area contributed by atoms with Gasteiger partial charge in [-0.1, -0.05) is 15.9 Å². The second-order valence-corrected chi connectivity index (χ2v) is 5.02. The number of benzene rings is 2. The maximum absolute atomic E-state index is 11.0. The number of carbonyl (C=O) groups excluding carboxylic acids is 1. The summed E-state index contributed by atoms with van der Waals surface area (Å²) >= 11 is 3.18. The standard InChI is InChI=1S/C14H10BrNO4/c1-9-6-12(4-2-10(9)8-17)20-14-5-3-11(15)7-13(14)16(18)19/h2-8H,1H3. The van der Waals surface area contributed by atoms with Crippen LogP contribution >= 0.6 is 15.9 Å². The smallest absolute Gasteiger partial charge is 0.312 e. The van der Waals surface area contributed by atoms with Crippen molar-refractivity contribution in [2.75, 3.05) is 0 Å². The number of rotatable bonds is 4. The zero-order chi connectivity index (χ0) is 14.7. The number of nitrogens with zero attached hydrogens (tertiary/aromatic N) is 1. The van der Waals surface area contributed by atoms with Gasteiger partial charge in [-0.2, -0.15) is 0 Å². The topological polar surface area (TPSA) is 69.4 Å². The van der Waals surface area contributed by atoms with Gasteiger partial charge in [0, 0.05) is 16.1 Å². The summed E-state index contributed by atoms with van der Waals surface area (Å²) in [6.45, 7) is 1.77. The second kappa shape index (κ2) is 5.83. The van der Waals surface area contributed by atoms with Crippen LogP contribution in [0.4, 0.5) is 5.69 Å². The Kier molecular flexibility index (Phi) is 4.14. The summed E-state index contributed by atoms with van der Waals surface area (Å²) < 4.78 is 6.13. The maximum Gasteiger partial charge on any atom is 0.312 e. The Morgan fingerprint density at radius 1 is 1.25 bits per heavy atom. The lowest BCUT2D eigenvalue weighted by atomic mass is 10.1. The predicted molar refractivity (Wildman–Crippen MR) is 77.4 cm³/mol. The summed E-state index contributed by atoms with van der Waals surface area (Å²) in [6, 6.07) is 9.43. The van der Waals surface area contributed by atoms with Crippen molar-refractivity contribution in [1.82, 2.24) is 0 Å². The van der Waals surface area contributed by atoms with Gasteiger partial charge in [-0.15, -0.1) is 0 Å². The van der Waals surface area contributed by atoms with Gasteiger partial charge >= 0.3 is 5.69 Å². The molecule has 0 amide bonds. The number of halogens is 1. The Morgan fingerprint density at radius 3 is 2.60 bits per heavy atom. The summed E-state index contributed by atoms with van der Waals surface area (Å²) in [6.07, 6.45) is 0.751. The van der Waals surface area contributed by atoms with Gasteiger partial charge in [0.15, 0.2) is 0 Å². The Balaban J connectivity index is 2.37. The molecule has 0 atom stereocenters. The molecule has 0 radical (unpaired) electrons. The Morgan fingerprint density at radius 2 is 2.00 bits per heavy atom. The van der Waals surface area contributed by atoms with E-state index in [-0.39, 0.29) is 11.4 Å². The van der Waals surface area contributed by atoms with Crippen molar-refractivity contribution in [2.24, 2.45) is 0 Å². The Labute approximate surface area is 123 Å². The van der Waals surface area contributed by atoms with Gasteiger partial charge in [0.1, 0.15) is 12.0 Å². The number of aryl methyl sites for hydroxylation is 1. The number of nitro benzene ring substituents is 1. The normalized spacial score (nSPS) is 10.1. The van der Waals surface area contributed by atoms with Crippen molar-refractivity contribution in [3.05, 3.63) is 62.1 Å². The van der Waals surface area contributed by atoms with Gasteiger partial charge in [0.25, 0.3) is 0 Å². The van der Waals surface area contributed by atoms with Crippen LogP contribution in [0.3, 0.4) is 0 Å². The van der Waals surface area contributed by atoms with E-state index in [1.807, 2.05) is 0 Å². The Hall–Kier alpha value is -2.21. The third-order valence-electron chi connectivity index (χ3n) is 2.71. The van der Waals surface area contributed by atoms with E-state index < -0.39 is 4.92 Å². The molecule has 2 aromatic carbocycles. The van der Waals surface area contributed by atoms with E-state index in [9.17, 15) is 14.9 Å². The zero-order valence-electron chi connectivity index (χ0n) is 10.5. The minimum Gasteiger partial charge on any atom is -0.450 e. The molecule has 0 bridgehead atoms. The van der Waals surface area contributed by atoms with Crippen molar-refractivity contribution >= 4 is 27.9 Å². The lowest BCUT2D eigenvalue weighted by molar-refractivity contribution is -0.385. The van der Waals surface area contributed by atoms with Gasteiger partial charge in [0.2, 0.25) is 5.75 Å². The van der Waals surface area contributed by atoms with E-state index in [1.165, 1.54) is 12.1 Å². The molecule has 6 heteroatoms. The molecule has 0 saturated heterocycles. The highest BCUT2D eigenvalue weighted by atomic mass is 79.9. The molecule has 0 saturated carbocycles. The first-order chi connectivity index (χ1) is 9.51. The molecule has 0 N–H and O–H groups in total. The molecular formula is C14H10BrNO4. The average molecular weight is 336 g/mol. The van der Waals surface area contributed by atoms with Gasteiger partial charge in [-0.25, -0.2) is 0 Å². The van der Waals surface area contributed by atoms with E-state index in [0.29, 0.717) is 15.8 Å². The highest BCUT2D eigenvalue weighted by Gasteiger charge is 2.16. The average Bonchev–Trinajstić information content (AvgIpc) is 2.41. The summed E-state index contributed by atoms with van der Waals surface area (Å²) in [5.74, 6) is 0.593. The van der Waals surface area contributed by atoms with Crippen LogP contribution in [-0.2, 0) is 0 Å². The van der Waals surface area contributed by atoms with Crippen LogP contribution in [0.15, 0.2) is 40.9 Å². The van der Waals surface area contributed by atoms with Crippen LogP contribution in [0, 0.1) is 17.0 Å². The molecule has 0 spiro atoms. The fourth-order valence-corrected chi connectivity index (χ4v) is 2.04. The minimum absolute atomic E-state index is 0.128. The fourth-order valence-electron chi connectivity index (χ4n) is 1.69. The first-order valence-corrected chi connectivity index (χ1v) is 6.48. The monoisotopic (exact) mass is 335 g/mol. The minimum atomic E-state index is -0.507. The van der Waals surface area contributed by atoms with E-state index in [4.69, 9.17) is 4.74 Å². The molecule has 0 aliphatic rings. The van der Waals surface area contributed by atoms with E-state index in [2.05, 4.69) is 15.9 Å². The number of carbonyl (C=O) groups is 1. The molecular weight excluding hydrogens is 326 g/mol. The van der Waals surface area contributed by atoms with Crippen LogP contribution in [-0.4, -0.2) is 11.2 Å². The van der Waals surface area contributed by atoms with E-state index in [1.54, 1.807) is 31.2 Å². The van der Waals surface area contributed by atoms with Gasteiger partial charge in [0.05, 0.1) is 4.92 Å². The fraction of sp³-hybridized carbons (Fsp3) is 0.0714. The summed E-state index contributed by atoms with van der Waals surface area (Å²) in [4.78, 5) is 21.2. The highest BCUT2D eigenvalue weighted by molar-refractivity contribution is 9.10. The number of hydrogen-bond acceptors (Lipinski definition) is 4. The van der Waals surface area contributed by atoms with Crippen molar-refractivity contribution in [2.45, 2.75) is 6.92 Å². The number of ether oxygens (including phenoxy) is 1. The number of nitro groups is 1. The lowest BCUT2D eigenvalue weighted by Crippen LogP contribution is -1.94. The van der Waals surface area contributed by atoms with Crippen molar-refractivity contribution < 1.29 is 14.5 Å². The largest absolute Gasteiger partial charge is 0.450 e. The zero-order valence-corrected chi connectivity index (χ0v) is 12.1. The molecule has 0 aliphatic heterocycles. The van der Waals surface area contributed by atoms with Gasteiger partial charge in [-0.3, -0.25) is 14.9 Å². The highest BCUT2D eigenvalue weighted by Crippen LogP contribution is 2.34. The molecule has 2 aromatic rings. The summed E-state index contributed by atoms with van der Waals surface area (Å²) in [5, 5.41) is 11.0. The molecule has 0 aliphatic carbocycles. The van der Waals surface area contributed by atoms with Gasteiger partial charge < -0.3 is 4.74 Å². The molecule has 5 nitrogen and oxygen atoms in total. The van der Waals surface area contributed by atoms with E-state index >= 15 is 0 Å². The first kappa shape index (κ1) is 14.2. The molecule has 102 valence electrons. The van der Waals surface area contributed by atoms with Crippen LogP contribution in [0.2, 0.25) is 0 Å². The van der Waals surface area contributed by atoms with E-state index in [0.717, 1.165) is 11.8 Å². The molecule has 2 rings (SSSR count). The maximum atomic E-state index is 11.0. The number of hydrogen-bond donors (Lipinski definition) is 0. The first-order valence-electron chi connectivity index (χ1n) is 5.69. The van der Waals surface area contributed by atoms with Crippen LogP contribution in [0.25, 0.3) is 0 Å². The van der Waals surface area contributed by atoms with Crippen molar-refractivity contribution in [3.63, 3.8) is 0 Å². The van der Waals surface area contributed by atoms with Crippen LogP contribution in [0.1, 0.15) is 15.9 Å². The molecule has 0 aromatic heterocycles. The predicted octanol–water partition coefficient (Wildman–Crippen LogP) is 4.27. The quantitative estimate of drug-likeness (QED) is 0.475. The lowest BCUT2D eigenvalue weighted by Gasteiger charge is -2.08. The second-order valence-electron chi connectivity index (χ2n) is 4.11. The molecule has 0 fully saturated rings. The SMILES string of the molecule is Cc1cc(Oc2ccc(Br)cc2[N+](=O)[O-])ccc1C=O. The summed E-state index contributed by atoms with van der Waals surface area (Å²) in [5.41, 5.74) is 1.18. The Bertz CT molecular complexity index is 685. The van der Waals surface area contributed by atoms with Crippen LogP contribution < -0.4 is 4.74 Å². The van der Waals surface area contributed by atoms with Crippen LogP contribution in [0.5, 0.6) is 11.5 Å². The van der Waals surface area contributed by atoms with Crippen molar-refractivity contribution in [1.29, 1.82) is 0 Å². The summed E-state index contributed by atoms with van der Waals surface area (Å²) in [7, 11) is 0. The third-order valence-corrected chi connectivity index (χ3v) is 3.21. The third kappa shape index (κ3) is 3.03. The van der Waals surface area contributed by atoms with Crippen molar-refractivity contribution in [3.8, 4) is 11.5 Å². The number of aldehydes is 1. The molecule has 20 heavy (non-hydrogen) atoms.